The summed E-state index contributed by atoms with van der Waals surface area (Å²) < 4.78 is 0. The van der Waals surface area contributed by atoms with Gasteiger partial charge in [-0.1, -0.05) is 24.0 Å². The molecule has 0 radical (unpaired) electrons. The first kappa shape index (κ1) is 15.2. The fourth-order valence-corrected chi connectivity index (χ4v) is 1.70. The van der Waals surface area contributed by atoms with Crippen molar-refractivity contribution in [3.8, 4) is 11.8 Å². The van der Waals surface area contributed by atoms with Crippen LogP contribution in [0.1, 0.15) is 17.5 Å². The minimum Gasteiger partial charge on any atom is -0.384 e. The van der Waals surface area contributed by atoms with Gasteiger partial charge in [-0.05, 0) is 24.7 Å². The number of aliphatic hydroxyl groups is 1. The summed E-state index contributed by atoms with van der Waals surface area (Å²) >= 11 is 0. The number of nitrogens with zero attached hydrogens (tertiary/aromatic N) is 1. The summed E-state index contributed by atoms with van der Waals surface area (Å²) in [5, 5.41) is 11.3. The van der Waals surface area contributed by atoms with E-state index in [2.05, 4.69) is 22.1 Å². The van der Waals surface area contributed by atoms with Crippen molar-refractivity contribution in [2.45, 2.75) is 13.0 Å². The van der Waals surface area contributed by atoms with E-state index in [0.717, 1.165) is 17.7 Å². The quantitative estimate of drug-likeness (QED) is 0.762. The summed E-state index contributed by atoms with van der Waals surface area (Å²) in [6.45, 7) is 1.36. The van der Waals surface area contributed by atoms with Crippen LogP contribution in [0.5, 0.6) is 0 Å². The summed E-state index contributed by atoms with van der Waals surface area (Å²) in [5.74, 6) is 5.57. The highest BCUT2D eigenvalue weighted by atomic mass is 16.2. The highest BCUT2D eigenvalue weighted by Gasteiger charge is 2.04. The lowest BCUT2D eigenvalue weighted by Gasteiger charge is -2.16. The summed E-state index contributed by atoms with van der Waals surface area (Å²) in [6, 6.07) is 7.89. The lowest BCUT2D eigenvalue weighted by Crippen LogP contribution is -2.26. The number of hydrogen-bond acceptors (Lipinski definition) is 3. The topological polar surface area (TPSA) is 52.6 Å². The Kier molecular flexibility index (Phi) is 6.65. The largest absolute Gasteiger partial charge is 0.384 e. The average molecular weight is 260 g/mol. The third-order valence-electron chi connectivity index (χ3n) is 2.69. The number of carbonyl (C=O) groups is 1. The van der Waals surface area contributed by atoms with E-state index in [0.29, 0.717) is 13.0 Å². The van der Waals surface area contributed by atoms with Gasteiger partial charge in [0, 0.05) is 32.1 Å². The molecule has 0 spiro atoms. The maximum absolute atomic E-state index is 11.2. The minimum atomic E-state index is -0.129. The van der Waals surface area contributed by atoms with Gasteiger partial charge < -0.3 is 15.3 Å². The molecule has 1 rings (SSSR count). The fraction of sp³-hybridized carbons (Fsp3) is 0.400. The lowest BCUT2D eigenvalue weighted by molar-refractivity contribution is -0.120. The Morgan fingerprint density at radius 2 is 2.26 bits per heavy atom. The third kappa shape index (κ3) is 6.05. The van der Waals surface area contributed by atoms with Crippen LogP contribution in [0.2, 0.25) is 0 Å². The molecule has 0 saturated heterocycles. The zero-order chi connectivity index (χ0) is 14.1. The SMILES string of the molecule is CNC(=O)CCN(C)Cc1cccc(C#CCO)c1. The van der Waals surface area contributed by atoms with E-state index in [9.17, 15) is 4.79 Å². The normalized spacial score (nSPS) is 9.89. The molecule has 4 nitrogen and oxygen atoms in total. The molecular formula is C15H20N2O2. The molecule has 1 amide bonds. The van der Waals surface area contributed by atoms with Crippen molar-refractivity contribution in [1.29, 1.82) is 0 Å². The number of carbonyl (C=O) groups excluding carboxylic acids is 1. The van der Waals surface area contributed by atoms with Crippen LogP contribution >= 0.6 is 0 Å². The van der Waals surface area contributed by atoms with E-state index in [1.807, 2.05) is 31.3 Å². The van der Waals surface area contributed by atoms with Crippen molar-refractivity contribution in [2.75, 3.05) is 27.2 Å². The summed E-state index contributed by atoms with van der Waals surface area (Å²) in [6.07, 6.45) is 0.497. The highest BCUT2D eigenvalue weighted by Crippen LogP contribution is 2.07. The first-order valence-corrected chi connectivity index (χ1v) is 6.23. The van der Waals surface area contributed by atoms with Crippen molar-refractivity contribution >= 4 is 5.91 Å². The van der Waals surface area contributed by atoms with Crippen molar-refractivity contribution in [1.82, 2.24) is 10.2 Å². The van der Waals surface area contributed by atoms with Crippen molar-refractivity contribution < 1.29 is 9.90 Å². The van der Waals surface area contributed by atoms with Crippen LogP contribution < -0.4 is 5.32 Å². The first-order chi connectivity index (χ1) is 9.15. The smallest absolute Gasteiger partial charge is 0.221 e. The molecule has 19 heavy (non-hydrogen) atoms. The van der Waals surface area contributed by atoms with Crippen molar-refractivity contribution in [3.63, 3.8) is 0 Å². The second-order valence-electron chi connectivity index (χ2n) is 4.32. The number of hydrogen-bond donors (Lipinski definition) is 2. The Morgan fingerprint density at radius 1 is 1.47 bits per heavy atom. The molecule has 102 valence electrons. The molecule has 0 atom stereocenters. The van der Waals surface area contributed by atoms with Crippen molar-refractivity contribution in [3.05, 3.63) is 35.4 Å². The number of aliphatic hydroxyl groups excluding tert-OH is 1. The zero-order valence-electron chi connectivity index (χ0n) is 11.4. The van der Waals surface area contributed by atoms with Crippen LogP contribution in [-0.4, -0.2) is 43.2 Å². The van der Waals surface area contributed by atoms with E-state index < -0.39 is 0 Å². The molecule has 0 aliphatic rings. The molecule has 0 unspecified atom stereocenters. The van der Waals surface area contributed by atoms with E-state index >= 15 is 0 Å². The molecule has 0 bridgehead atoms. The molecule has 0 fully saturated rings. The fourth-order valence-electron chi connectivity index (χ4n) is 1.70. The van der Waals surface area contributed by atoms with E-state index in [4.69, 9.17) is 5.11 Å². The Balaban J connectivity index is 2.54. The van der Waals surface area contributed by atoms with Gasteiger partial charge in [-0.3, -0.25) is 4.79 Å². The molecule has 0 saturated carbocycles. The monoisotopic (exact) mass is 260 g/mol. The Bertz CT molecular complexity index is 475. The Morgan fingerprint density at radius 3 is 2.95 bits per heavy atom. The molecule has 1 aromatic carbocycles. The van der Waals surface area contributed by atoms with Gasteiger partial charge in [0.15, 0.2) is 0 Å². The second kappa shape index (κ2) is 8.30. The number of nitrogens with one attached hydrogen (secondary N) is 1. The molecular weight excluding hydrogens is 240 g/mol. The van der Waals surface area contributed by atoms with E-state index in [-0.39, 0.29) is 12.5 Å². The summed E-state index contributed by atoms with van der Waals surface area (Å²) in [7, 11) is 3.63. The lowest BCUT2D eigenvalue weighted by atomic mass is 10.1. The molecule has 4 heteroatoms. The van der Waals surface area contributed by atoms with Crippen LogP contribution in [0.25, 0.3) is 0 Å². The van der Waals surface area contributed by atoms with Gasteiger partial charge >= 0.3 is 0 Å². The van der Waals surface area contributed by atoms with Crippen LogP contribution in [0.3, 0.4) is 0 Å². The minimum absolute atomic E-state index is 0.0504. The Hall–Kier alpha value is -1.83. The number of amides is 1. The number of benzene rings is 1. The van der Waals surface area contributed by atoms with Crippen LogP contribution in [0, 0.1) is 11.8 Å². The van der Waals surface area contributed by atoms with Gasteiger partial charge in [0.05, 0.1) is 0 Å². The molecule has 0 aliphatic heterocycles. The molecule has 0 heterocycles. The van der Waals surface area contributed by atoms with Gasteiger partial charge in [0.2, 0.25) is 5.91 Å². The zero-order valence-corrected chi connectivity index (χ0v) is 11.4. The first-order valence-electron chi connectivity index (χ1n) is 6.23. The van der Waals surface area contributed by atoms with E-state index in [1.54, 1.807) is 7.05 Å². The van der Waals surface area contributed by atoms with Crippen LogP contribution in [-0.2, 0) is 11.3 Å². The number of rotatable bonds is 5. The van der Waals surface area contributed by atoms with Gasteiger partial charge in [0.1, 0.15) is 6.61 Å². The molecule has 1 aromatic rings. The second-order valence-corrected chi connectivity index (χ2v) is 4.32. The molecule has 0 aliphatic carbocycles. The van der Waals surface area contributed by atoms with Crippen molar-refractivity contribution in [2.24, 2.45) is 0 Å². The van der Waals surface area contributed by atoms with Gasteiger partial charge in [-0.2, -0.15) is 0 Å². The maximum atomic E-state index is 11.2. The Labute approximate surface area is 114 Å². The van der Waals surface area contributed by atoms with Gasteiger partial charge in [0.25, 0.3) is 0 Å². The maximum Gasteiger partial charge on any atom is 0.221 e. The third-order valence-corrected chi connectivity index (χ3v) is 2.69. The predicted octanol–water partition coefficient (Wildman–Crippen LogP) is 0.598. The van der Waals surface area contributed by atoms with Gasteiger partial charge in [-0.25, -0.2) is 0 Å². The standard InChI is InChI=1S/C15H20N2O2/c1-16-15(19)8-9-17(2)12-14-6-3-5-13(11-14)7-4-10-18/h3,5-6,11,18H,8-10,12H2,1-2H3,(H,16,19). The predicted molar refractivity (Wildman–Crippen MR) is 75.4 cm³/mol. The van der Waals surface area contributed by atoms with Gasteiger partial charge in [-0.15, -0.1) is 0 Å². The summed E-state index contributed by atoms with van der Waals surface area (Å²) in [4.78, 5) is 13.3. The summed E-state index contributed by atoms with van der Waals surface area (Å²) in [5.41, 5.74) is 2.04. The van der Waals surface area contributed by atoms with E-state index in [1.165, 1.54) is 0 Å². The average Bonchev–Trinajstić information content (AvgIpc) is 2.43. The molecule has 0 aromatic heterocycles. The van der Waals surface area contributed by atoms with Crippen LogP contribution in [0.15, 0.2) is 24.3 Å². The molecule has 2 N–H and O–H groups in total. The highest BCUT2D eigenvalue weighted by molar-refractivity contribution is 5.75. The van der Waals surface area contributed by atoms with Crippen LogP contribution in [0.4, 0.5) is 0 Å².